The maximum absolute atomic E-state index is 3.91. The van der Waals surface area contributed by atoms with E-state index < -0.39 is 0 Å². The van der Waals surface area contributed by atoms with Crippen LogP contribution < -0.4 is 9.80 Å². The molecular formula is C49H42N2S. The summed E-state index contributed by atoms with van der Waals surface area (Å²) >= 11 is 1.89. The summed E-state index contributed by atoms with van der Waals surface area (Å²) < 4.78 is 2.66. The van der Waals surface area contributed by atoms with E-state index in [4.69, 9.17) is 0 Å². The van der Waals surface area contributed by atoms with Gasteiger partial charge in [0.25, 0.3) is 0 Å². The number of para-hydroxylation sites is 1. The predicted molar refractivity (Wildman–Crippen MR) is 225 cm³/mol. The summed E-state index contributed by atoms with van der Waals surface area (Å²) in [4.78, 5) is 4.90. The van der Waals surface area contributed by atoms with Gasteiger partial charge in [-0.25, -0.2) is 0 Å². The van der Waals surface area contributed by atoms with Gasteiger partial charge < -0.3 is 9.80 Å². The number of benzene rings is 6. The monoisotopic (exact) mass is 690 g/mol. The van der Waals surface area contributed by atoms with E-state index in [1.54, 1.807) is 0 Å². The molecule has 1 aliphatic carbocycles. The van der Waals surface area contributed by atoms with Crippen molar-refractivity contribution in [2.24, 2.45) is 0 Å². The van der Waals surface area contributed by atoms with E-state index in [1.165, 1.54) is 64.9 Å². The number of allylic oxidation sites excluding steroid dienone is 5. The molecule has 1 aliphatic heterocycles. The molecule has 7 aromatic rings. The van der Waals surface area contributed by atoms with Crippen LogP contribution in [0.15, 0.2) is 164 Å². The van der Waals surface area contributed by atoms with E-state index >= 15 is 0 Å². The maximum Gasteiger partial charge on any atom is 0.0509 e. The Morgan fingerprint density at radius 2 is 1.31 bits per heavy atom. The zero-order valence-electron chi connectivity index (χ0n) is 30.4. The first-order valence-corrected chi connectivity index (χ1v) is 19.0. The molecule has 0 unspecified atom stereocenters. The lowest BCUT2D eigenvalue weighted by molar-refractivity contribution is 0.638. The lowest BCUT2D eigenvalue weighted by Gasteiger charge is -2.43. The topological polar surface area (TPSA) is 6.48 Å². The molecule has 0 fully saturated rings. The van der Waals surface area contributed by atoms with Crippen LogP contribution in [0.25, 0.3) is 31.3 Å². The molecular weight excluding hydrogens is 649 g/mol. The van der Waals surface area contributed by atoms with Gasteiger partial charge in [-0.1, -0.05) is 119 Å². The second-order valence-corrected chi connectivity index (χ2v) is 16.2. The molecule has 52 heavy (non-hydrogen) atoms. The van der Waals surface area contributed by atoms with E-state index in [2.05, 4.69) is 191 Å². The summed E-state index contributed by atoms with van der Waals surface area (Å²) in [5.74, 6) is 0. The third-order valence-electron chi connectivity index (χ3n) is 11.3. The molecule has 0 atom stereocenters. The van der Waals surface area contributed by atoms with Crippen LogP contribution in [0.2, 0.25) is 0 Å². The van der Waals surface area contributed by atoms with Crippen molar-refractivity contribution >= 4 is 59.9 Å². The van der Waals surface area contributed by atoms with Gasteiger partial charge in [-0.3, -0.25) is 0 Å². The van der Waals surface area contributed by atoms with Gasteiger partial charge in [0.15, 0.2) is 0 Å². The molecule has 2 nitrogen and oxygen atoms in total. The fourth-order valence-electron chi connectivity index (χ4n) is 8.84. The van der Waals surface area contributed by atoms with Gasteiger partial charge in [0.05, 0.1) is 11.4 Å². The van der Waals surface area contributed by atoms with Crippen molar-refractivity contribution in [2.75, 3.05) is 9.80 Å². The molecule has 2 aliphatic rings. The summed E-state index contributed by atoms with van der Waals surface area (Å²) in [6.07, 6.45) is 8.09. The van der Waals surface area contributed by atoms with Gasteiger partial charge >= 0.3 is 0 Å². The second kappa shape index (κ2) is 12.0. The summed E-state index contributed by atoms with van der Waals surface area (Å²) in [5.41, 5.74) is 14.7. The SMILES string of the molecule is C=C/C=C\C=C(/C)N(c1ccc2c(c1)C(C)(C)c1ccccc1-2)c1ccc2c(c1)C(C)(C)c1c(ccc3sc4ccccc4c13)N2c1ccccc1. The Kier molecular flexibility index (Phi) is 7.43. The van der Waals surface area contributed by atoms with Gasteiger partial charge in [-0.05, 0) is 107 Å². The average molecular weight is 691 g/mol. The normalized spacial score (nSPS) is 15.4. The predicted octanol–water partition coefficient (Wildman–Crippen LogP) is 14.3. The first-order chi connectivity index (χ1) is 25.2. The molecule has 0 amide bonds. The third kappa shape index (κ3) is 4.76. The highest BCUT2D eigenvalue weighted by Crippen LogP contribution is 2.57. The first kappa shape index (κ1) is 32.3. The summed E-state index contributed by atoms with van der Waals surface area (Å²) in [7, 11) is 0. The molecule has 3 heteroatoms. The number of anilines is 5. The quantitative estimate of drug-likeness (QED) is 0.160. The van der Waals surface area contributed by atoms with Gasteiger partial charge in [0, 0.05) is 53.8 Å². The van der Waals surface area contributed by atoms with Crippen LogP contribution in [0.3, 0.4) is 0 Å². The molecule has 0 bridgehead atoms. The Bertz CT molecular complexity index is 2620. The smallest absolute Gasteiger partial charge is 0.0509 e. The Balaban J connectivity index is 1.28. The molecule has 0 radical (unpaired) electrons. The van der Waals surface area contributed by atoms with Crippen LogP contribution in [0.1, 0.15) is 56.9 Å². The van der Waals surface area contributed by atoms with Crippen LogP contribution in [-0.4, -0.2) is 0 Å². The molecule has 0 spiro atoms. The second-order valence-electron chi connectivity index (χ2n) is 15.1. The molecule has 0 N–H and O–H groups in total. The van der Waals surface area contributed by atoms with Gasteiger partial charge in [-0.2, -0.15) is 0 Å². The minimum Gasteiger partial charge on any atom is -0.314 e. The standard InChI is InChI=1S/C49H42N2S/c1-7-8-10-17-32(2)50(34-24-26-37-36-20-13-15-22-39(36)48(3,4)40(37)30-34)35-25-27-42-41(31-35)49(5,6)47-43(51(42)33-18-11-9-12-19-33)28-29-45-46(47)38-21-14-16-23-44(38)52-45/h7-31H,1H2,2-6H3/b10-8-,32-17+. The van der Waals surface area contributed by atoms with Crippen molar-refractivity contribution in [3.05, 3.63) is 186 Å². The lowest BCUT2D eigenvalue weighted by Crippen LogP contribution is -2.31. The number of hydrogen-bond donors (Lipinski definition) is 0. The summed E-state index contributed by atoms with van der Waals surface area (Å²) in [6, 6.07) is 47.4. The highest BCUT2D eigenvalue weighted by atomic mass is 32.1. The fourth-order valence-corrected chi connectivity index (χ4v) is 9.95. The van der Waals surface area contributed by atoms with E-state index in [9.17, 15) is 0 Å². The maximum atomic E-state index is 3.91. The van der Waals surface area contributed by atoms with Gasteiger partial charge in [-0.15, -0.1) is 11.3 Å². The van der Waals surface area contributed by atoms with E-state index in [0.29, 0.717) is 0 Å². The van der Waals surface area contributed by atoms with E-state index in [1.807, 2.05) is 23.5 Å². The molecule has 0 saturated heterocycles. The Morgan fingerprint density at radius 3 is 2.12 bits per heavy atom. The summed E-state index contributed by atoms with van der Waals surface area (Å²) in [6.45, 7) is 15.7. The van der Waals surface area contributed by atoms with Crippen LogP contribution in [0.5, 0.6) is 0 Å². The number of hydrogen-bond acceptors (Lipinski definition) is 3. The Hall–Kier alpha value is -5.64. The van der Waals surface area contributed by atoms with Crippen molar-refractivity contribution in [3.8, 4) is 11.1 Å². The summed E-state index contributed by atoms with van der Waals surface area (Å²) in [5, 5.41) is 2.69. The average Bonchev–Trinajstić information content (AvgIpc) is 3.64. The number of fused-ring (bicyclic) bond motifs is 9. The van der Waals surface area contributed by atoms with Crippen molar-refractivity contribution < 1.29 is 0 Å². The zero-order valence-corrected chi connectivity index (χ0v) is 31.3. The van der Waals surface area contributed by atoms with Crippen LogP contribution >= 0.6 is 11.3 Å². The first-order valence-electron chi connectivity index (χ1n) is 18.1. The van der Waals surface area contributed by atoms with Gasteiger partial charge in [0.1, 0.15) is 0 Å². The van der Waals surface area contributed by atoms with Crippen LogP contribution in [-0.2, 0) is 10.8 Å². The van der Waals surface area contributed by atoms with Crippen molar-refractivity contribution in [1.82, 2.24) is 0 Å². The van der Waals surface area contributed by atoms with Crippen LogP contribution in [0, 0.1) is 0 Å². The van der Waals surface area contributed by atoms with Crippen molar-refractivity contribution in [3.63, 3.8) is 0 Å². The number of rotatable bonds is 6. The molecule has 0 saturated carbocycles. The third-order valence-corrected chi connectivity index (χ3v) is 12.5. The molecule has 9 rings (SSSR count). The minimum absolute atomic E-state index is 0.0968. The Morgan fingerprint density at radius 1 is 0.635 bits per heavy atom. The molecule has 254 valence electrons. The largest absolute Gasteiger partial charge is 0.314 e. The van der Waals surface area contributed by atoms with Gasteiger partial charge in [0.2, 0.25) is 0 Å². The van der Waals surface area contributed by atoms with Crippen molar-refractivity contribution in [2.45, 2.75) is 45.4 Å². The highest BCUT2D eigenvalue weighted by Gasteiger charge is 2.40. The number of thiophene rings is 1. The fraction of sp³-hybridized carbons (Fsp3) is 0.143. The minimum atomic E-state index is -0.289. The highest BCUT2D eigenvalue weighted by molar-refractivity contribution is 7.25. The van der Waals surface area contributed by atoms with E-state index in [0.717, 1.165) is 22.8 Å². The van der Waals surface area contributed by atoms with E-state index in [-0.39, 0.29) is 10.8 Å². The molecule has 2 heterocycles. The van der Waals surface area contributed by atoms with Crippen molar-refractivity contribution in [1.29, 1.82) is 0 Å². The van der Waals surface area contributed by atoms with Crippen LogP contribution in [0.4, 0.5) is 28.4 Å². The Labute approximate surface area is 311 Å². The molecule has 6 aromatic carbocycles. The number of nitrogens with zero attached hydrogens (tertiary/aromatic N) is 2. The zero-order chi connectivity index (χ0) is 35.8. The lowest BCUT2D eigenvalue weighted by atomic mass is 9.71. The molecule has 1 aromatic heterocycles.